The third-order valence-electron chi connectivity index (χ3n) is 4.59. The van der Waals surface area contributed by atoms with Gasteiger partial charge in [-0.1, -0.05) is 17.7 Å². The van der Waals surface area contributed by atoms with E-state index in [-0.39, 0.29) is 5.91 Å². The number of H-pyrrole nitrogens is 1. The molecule has 1 aromatic heterocycles. The second-order valence-electron chi connectivity index (χ2n) is 6.49. The maximum atomic E-state index is 12.5. The molecule has 1 atom stereocenters. The molecule has 0 aliphatic carbocycles. The fraction of sp³-hybridized carbons (Fsp3) is 0.444. The number of carbonyl (C=O) groups excluding carboxylic acids is 1. The van der Waals surface area contributed by atoms with Gasteiger partial charge >= 0.3 is 0 Å². The molecule has 0 saturated carbocycles. The van der Waals surface area contributed by atoms with Crippen molar-refractivity contribution in [1.82, 2.24) is 15.5 Å². The zero-order valence-corrected chi connectivity index (χ0v) is 14.0. The summed E-state index contributed by atoms with van der Waals surface area (Å²) >= 11 is 0. The van der Waals surface area contributed by atoms with E-state index in [9.17, 15) is 4.79 Å². The Bertz CT molecular complexity index is 691. The number of hydrogen-bond acceptors (Lipinski definition) is 3. The molecule has 2 aromatic rings. The van der Waals surface area contributed by atoms with Crippen molar-refractivity contribution in [3.05, 3.63) is 46.3 Å². The van der Waals surface area contributed by atoms with Crippen LogP contribution in [0, 0.1) is 20.8 Å². The van der Waals surface area contributed by atoms with Crippen molar-refractivity contribution in [3.8, 4) is 0 Å². The summed E-state index contributed by atoms with van der Waals surface area (Å²) in [6.45, 7) is 8.16. The number of aromatic nitrogens is 2. The van der Waals surface area contributed by atoms with Crippen LogP contribution in [0.5, 0.6) is 0 Å². The third kappa shape index (κ3) is 3.45. The Morgan fingerprint density at radius 3 is 2.70 bits per heavy atom. The average molecular weight is 312 g/mol. The Kier molecular flexibility index (Phi) is 4.48. The largest absolute Gasteiger partial charge is 0.323 e. The van der Waals surface area contributed by atoms with Gasteiger partial charge in [0.25, 0.3) is 0 Å². The fourth-order valence-electron chi connectivity index (χ4n) is 3.45. The Hall–Kier alpha value is -2.14. The van der Waals surface area contributed by atoms with Crippen molar-refractivity contribution >= 4 is 11.6 Å². The second kappa shape index (κ2) is 6.54. The lowest BCUT2D eigenvalue weighted by Gasteiger charge is -2.13. The van der Waals surface area contributed by atoms with Crippen LogP contribution in [0.15, 0.2) is 18.3 Å². The first-order valence-electron chi connectivity index (χ1n) is 8.15. The Morgan fingerprint density at radius 1 is 1.30 bits per heavy atom. The Balaban J connectivity index is 1.72. The number of hydrogen-bond donors (Lipinski definition) is 3. The minimum absolute atomic E-state index is 0.00802. The van der Waals surface area contributed by atoms with Crippen molar-refractivity contribution in [2.24, 2.45) is 0 Å². The number of aromatic amines is 1. The zero-order chi connectivity index (χ0) is 16.4. The number of nitrogens with zero attached hydrogens (tertiary/aromatic N) is 1. The van der Waals surface area contributed by atoms with E-state index in [0.717, 1.165) is 36.5 Å². The van der Waals surface area contributed by atoms with Crippen LogP contribution in [0.2, 0.25) is 0 Å². The van der Waals surface area contributed by atoms with Gasteiger partial charge in [0.05, 0.1) is 24.0 Å². The van der Waals surface area contributed by atoms with Gasteiger partial charge in [0, 0.05) is 12.5 Å². The van der Waals surface area contributed by atoms with Gasteiger partial charge in [-0.3, -0.25) is 9.89 Å². The highest BCUT2D eigenvalue weighted by Gasteiger charge is 2.22. The first-order chi connectivity index (χ1) is 11.0. The number of rotatable bonds is 4. The summed E-state index contributed by atoms with van der Waals surface area (Å²) in [6.07, 6.45) is 3.17. The molecule has 1 aliphatic rings. The number of carbonyl (C=O) groups is 1. The summed E-state index contributed by atoms with van der Waals surface area (Å²) in [5, 5.41) is 13.5. The minimum Gasteiger partial charge on any atom is -0.323 e. The molecule has 0 spiro atoms. The molecule has 0 bridgehead atoms. The molecule has 1 aliphatic heterocycles. The molecule has 2 heterocycles. The van der Waals surface area contributed by atoms with Crippen LogP contribution < -0.4 is 10.6 Å². The van der Waals surface area contributed by atoms with Crippen LogP contribution in [0.25, 0.3) is 0 Å². The van der Waals surface area contributed by atoms with Gasteiger partial charge < -0.3 is 10.6 Å². The van der Waals surface area contributed by atoms with Gasteiger partial charge in [-0.25, -0.2) is 0 Å². The van der Waals surface area contributed by atoms with Gasteiger partial charge in [-0.05, 0) is 50.4 Å². The van der Waals surface area contributed by atoms with E-state index in [2.05, 4.69) is 53.7 Å². The van der Waals surface area contributed by atoms with Crippen molar-refractivity contribution in [1.29, 1.82) is 0 Å². The second-order valence-corrected chi connectivity index (χ2v) is 6.49. The molecule has 1 unspecified atom stereocenters. The average Bonchev–Trinajstić information content (AvgIpc) is 3.13. The van der Waals surface area contributed by atoms with Crippen LogP contribution in [0.3, 0.4) is 0 Å². The predicted molar refractivity (Wildman–Crippen MR) is 91.8 cm³/mol. The number of amides is 1. The third-order valence-corrected chi connectivity index (χ3v) is 4.59. The lowest BCUT2D eigenvalue weighted by molar-refractivity contribution is -0.115. The first-order valence-corrected chi connectivity index (χ1v) is 8.15. The van der Waals surface area contributed by atoms with Crippen LogP contribution >= 0.6 is 0 Å². The van der Waals surface area contributed by atoms with Crippen LogP contribution in [-0.2, 0) is 11.2 Å². The lowest BCUT2D eigenvalue weighted by Crippen LogP contribution is -2.17. The first kappa shape index (κ1) is 15.7. The van der Waals surface area contributed by atoms with Crippen molar-refractivity contribution < 1.29 is 4.79 Å². The molecule has 23 heavy (non-hydrogen) atoms. The molecule has 3 rings (SSSR count). The van der Waals surface area contributed by atoms with E-state index in [0.29, 0.717) is 12.3 Å². The van der Waals surface area contributed by atoms with Gasteiger partial charge in [-0.15, -0.1) is 0 Å². The fourth-order valence-corrected chi connectivity index (χ4v) is 3.45. The molecule has 1 saturated heterocycles. The zero-order valence-electron chi connectivity index (χ0n) is 14.0. The quantitative estimate of drug-likeness (QED) is 0.813. The van der Waals surface area contributed by atoms with Crippen LogP contribution in [0.4, 0.5) is 5.69 Å². The smallest absolute Gasteiger partial charge is 0.228 e. The predicted octanol–water partition coefficient (Wildman–Crippen LogP) is 2.59. The van der Waals surface area contributed by atoms with E-state index in [4.69, 9.17) is 0 Å². The highest BCUT2D eigenvalue weighted by molar-refractivity contribution is 5.93. The molecule has 1 fully saturated rings. The molecular weight excluding hydrogens is 288 g/mol. The van der Waals surface area contributed by atoms with Crippen molar-refractivity contribution in [3.63, 3.8) is 0 Å². The SMILES string of the molecule is Cc1cc(C)c(CC(=O)Nc2cn[nH]c2C2CCNC2)c(C)c1. The minimum atomic E-state index is 0.00802. The molecule has 5 heteroatoms. The maximum absolute atomic E-state index is 12.5. The van der Waals surface area contributed by atoms with Gasteiger partial charge in [0.1, 0.15) is 0 Å². The van der Waals surface area contributed by atoms with Gasteiger partial charge in [0.15, 0.2) is 0 Å². The molecule has 3 N–H and O–H groups in total. The van der Waals surface area contributed by atoms with E-state index >= 15 is 0 Å². The number of aryl methyl sites for hydroxylation is 3. The summed E-state index contributed by atoms with van der Waals surface area (Å²) in [6, 6.07) is 4.26. The van der Waals surface area contributed by atoms with E-state index < -0.39 is 0 Å². The number of anilines is 1. The van der Waals surface area contributed by atoms with E-state index in [1.165, 1.54) is 16.7 Å². The Labute approximate surface area is 136 Å². The van der Waals surface area contributed by atoms with Crippen molar-refractivity contribution in [2.75, 3.05) is 18.4 Å². The highest BCUT2D eigenvalue weighted by Crippen LogP contribution is 2.27. The summed E-state index contributed by atoms with van der Waals surface area (Å²) < 4.78 is 0. The van der Waals surface area contributed by atoms with Crippen LogP contribution in [-0.4, -0.2) is 29.2 Å². The monoisotopic (exact) mass is 312 g/mol. The molecule has 1 aromatic carbocycles. The van der Waals surface area contributed by atoms with E-state index in [1.54, 1.807) is 6.20 Å². The summed E-state index contributed by atoms with van der Waals surface area (Å²) in [7, 11) is 0. The van der Waals surface area contributed by atoms with Crippen molar-refractivity contribution in [2.45, 2.75) is 39.5 Å². The summed E-state index contributed by atoms with van der Waals surface area (Å²) in [4.78, 5) is 12.5. The standard InChI is InChI=1S/C18H24N4O/c1-11-6-12(2)15(13(3)7-11)8-17(23)21-16-10-20-22-18(16)14-4-5-19-9-14/h6-7,10,14,19H,4-5,8-9H2,1-3H3,(H,20,22)(H,21,23). The summed E-state index contributed by atoms with van der Waals surface area (Å²) in [5.41, 5.74) is 6.53. The van der Waals surface area contributed by atoms with E-state index in [1.807, 2.05) is 0 Å². The van der Waals surface area contributed by atoms with Gasteiger partial charge in [-0.2, -0.15) is 5.10 Å². The molecular formula is C18H24N4O. The number of nitrogens with one attached hydrogen (secondary N) is 3. The molecule has 5 nitrogen and oxygen atoms in total. The molecule has 0 radical (unpaired) electrons. The number of benzene rings is 1. The topological polar surface area (TPSA) is 69.8 Å². The Morgan fingerprint density at radius 2 is 2.04 bits per heavy atom. The van der Waals surface area contributed by atoms with Gasteiger partial charge in [0.2, 0.25) is 5.91 Å². The highest BCUT2D eigenvalue weighted by atomic mass is 16.1. The molecule has 122 valence electrons. The molecule has 1 amide bonds. The normalized spacial score (nSPS) is 17.4. The maximum Gasteiger partial charge on any atom is 0.228 e. The lowest BCUT2D eigenvalue weighted by atomic mass is 9.97. The summed E-state index contributed by atoms with van der Waals surface area (Å²) in [5.74, 6) is 0.407. The van der Waals surface area contributed by atoms with Crippen LogP contribution in [0.1, 0.15) is 40.3 Å².